The fourth-order valence-electron chi connectivity index (χ4n) is 7.07. The third kappa shape index (κ3) is 5.08. The highest BCUT2D eigenvalue weighted by atomic mass is 15.0. The van der Waals surface area contributed by atoms with Crippen LogP contribution in [0.4, 0.5) is 11.4 Å². The molecule has 4 heterocycles. The van der Waals surface area contributed by atoms with Crippen molar-refractivity contribution in [3.05, 3.63) is 88.2 Å². The van der Waals surface area contributed by atoms with E-state index < -0.39 is 0 Å². The maximum absolute atomic E-state index is 4.74. The Bertz CT molecular complexity index is 1280. The van der Waals surface area contributed by atoms with Crippen LogP contribution in [0.15, 0.2) is 54.7 Å². The summed E-state index contributed by atoms with van der Waals surface area (Å²) in [6, 6.07) is 19.8. The summed E-state index contributed by atoms with van der Waals surface area (Å²) < 4.78 is 0. The van der Waals surface area contributed by atoms with Crippen molar-refractivity contribution in [1.29, 1.82) is 0 Å². The van der Waals surface area contributed by atoms with Crippen LogP contribution in [0.25, 0.3) is 0 Å². The first-order chi connectivity index (χ1) is 18.5. The van der Waals surface area contributed by atoms with Crippen LogP contribution in [0.5, 0.6) is 0 Å². The lowest BCUT2D eigenvalue weighted by Gasteiger charge is -2.32. The van der Waals surface area contributed by atoms with E-state index in [0.29, 0.717) is 35.9 Å². The maximum atomic E-state index is 4.74. The van der Waals surface area contributed by atoms with Crippen LogP contribution >= 0.6 is 0 Å². The average molecular weight is 509 g/mol. The first kappa shape index (κ1) is 25.4. The lowest BCUT2D eigenvalue weighted by atomic mass is 9.85. The molecule has 6 rings (SSSR count). The quantitative estimate of drug-likeness (QED) is 0.331. The standard InChI is InChI=1S/C34H44N4/c1-21(2)29-13-12-28-26(7-5-9-30(28)37-29)18-22(3)31-20-27-11-10-24(19-32(27)38-31)17-23(4)33-34-25(14-16-36-33)8-6-15-35-34/h5-11,15,19,21-23,29,31,33,36-38H,12-14,16-18,20H2,1-4H3. The van der Waals surface area contributed by atoms with Gasteiger partial charge in [0, 0.05) is 29.7 Å². The molecule has 5 atom stereocenters. The van der Waals surface area contributed by atoms with E-state index >= 15 is 0 Å². The minimum atomic E-state index is 0.330. The van der Waals surface area contributed by atoms with Gasteiger partial charge in [-0.25, -0.2) is 0 Å². The van der Waals surface area contributed by atoms with Crippen molar-refractivity contribution in [2.24, 2.45) is 17.8 Å². The Balaban J connectivity index is 1.10. The molecule has 0 saturated heterocycles. The second-order valence-corrected chi connectivity index (χ2v) is 12.5. The van der Waals surface area contributed by atoms with Gasteiger partial charge >= 0.3 is 0 Å². The minimum absolute atomic E-state index is 0.330. The highest BCUT2D eigenvalue weighted by Crippen LogP contribution is 2.36. The molecule has 0 aliphatic carbocycles. The lowest BCUT2D eigenvalue weighted by Crippen LogP contribution is -2.35. The van der Waals surface area contributed by atoms with Gasteiger partial charge in [0.2, 0.25) is 0 Å². The van der Waals surface area contributed by atoms with Gasteiger partial charge in [0.25, 0.3) is 0 Å². The fraction of sp³-hybridized carbons (Fsp3) is 0.500. The second-order valence-electron chi connectivity index (χ2n) is 12.5. The van der Waals surface area contributed by atoms with E-state index in [1.165, 1.54) is 52.2 Å². The molecule has 0 spiro atoms. The molecule has 3 N–H and O–H groups in total. The lowest BCUT2D eigenvalue weighted by molar-refractivity contribution is 0.361. The van der Waals surface area contributed by atoms with Crippen molar-refractivity contribution >= 4 is 11.4 Å². The third-order valence-electron chi connectivity index (χ3n) is 9.41. The Morgan fingerprint density at radius 2 is 1.71 bits per heavy atom. The number of fused-ring (bicyclic) bond motifs is 3. The second kappa shape index (κ2) is 10.7. The zero-order valence-electron chi connectivity index (χ0n) is 23.6. The molecule has 200 valence electrons. The van der Waals surface area contributed by atoms with Crippen LogP contribution < -0.4 is 16.0 Å². The van der Waals surface area contributed by atoms with Crippen molar-refractivity contribution in [2.45, 2.75) is 84.3 Å². The first-order valence-corrected chi connectivity index (χ1v) is 14.9. The van der Waals surface area contributed by atoms with E-state index in [2.05, 4.69) is 92.2 Å². The van der Waals surface area contributed by atoms with Gasteiger partial charge in [-0.05, 0) is 109 Å². The predicted octanol–water partition coefficient (Wildman–Crippen LogP) is 6.75. The van der Waals surface area contributed by atoms with Gasteiger partial charge in [0.05, 0.1) is 11.7 Å². The SMILES string of the molecule is CC(C)C1CCc2c(CC(C)C3Cc4ccc(CC(C)C5NCCc6cccnc65)cc4N3)cccc2N1. The number of aromatic nitrogens is 1. The fourth-order valence-corrected chi connectivity index (χ4v) is 7.07. The molecule has 0 bridgehead atoms. The van der Waals surface area contributed by atoms with Crippen LogP contribution in [0, 0.1) is 17.8 Å². The molecule has 0 amide bonds. The molecule has 5 unspecified atom stereocenters. The van der Waals surface area contributed by atoms with E-state index in [0.717, 1.165) is 32.2 Å². The molecule has 0 saturated carbocycles. The molecule has 0 fully saturated rings. The predicted molar refractivity (Wildman–Crippen MR) is 159 cm³/mol. The Morgan fingerprint density at radius 3 is 2.58 bits per heavy atom. The molecule has 4 nitrogen and oxygen atoms in total. The molecule has 3 aliphatic heterocycles. The summed E-state index contributed by atoms with van der Waals surface area (Å²) in [7, 11) is 0. The molecule has 3 aliphatic rings. The Kier molecular flexibility index (Phi) is 7.18. The van der Waals surface area contributed by atoms with Gasteiger partial charge in [-0.15, -0.1) is 0 Å². The van der Waals surface area contributed by atoms with Crippen LogP contribution in [-0.4, -0.2) is 23.6 Å². The van der Waals surface area contributed by atoms with Crippen LogP contribution in [0.1, 0.15) is 73.7 Å². The number of hydrogen-bond donors (Lipinski definition) is 3. The molecular formula is C34H44N4. The summed E-state index contributed by atoms with van der Waals surface area (Å²) >= 11 is 0. The first-order valence-electron chi connectivity index (χ1n) is 14.9. The number of nitrogens with one attached hydrogen (secondary N) is 3. The van der Waals surface area contributed by atoms with Gasteiger partial charge in [0.15, 0.2) is 0 Å². The topological polar surface area (TPSA) is 49.0 Å². The zero-order chi connectivity index (χ0) is 26.2. The van der Waals surface area contributed by atoms with E-state index in [1.54, 1.807) is 5.56 Å². The highest BCUT2D eigenvalue weighted by molar-refractivity contribution is 5.60. The van der Waals surface area contributed by atoms with Crippen LogP contribution in [-0.2, 0) is 32.1 Å². The number of nitrogens with zero attached hydrogens (tertiary/aromatic N) is 1. The summed E-state index contributed by atoms with van der Waals surface area (Å²) in [5.41, 5.74) is 11.3. The van der Waals surface area contributed by atoms with Gasteiger partial charge < -0.3 is 16.0 Å². The molecule has 2 aromatic carbocycles. The van der Waals surface area contributed by atoms with E-state index in [9.17, 15) is 0 Å². The number of anilines is 2. The molecule has 1 aromatic heterocycles. The van der Waals surface area contributed by atoms with E-state index in [4.69, 9.17) is 4.98 Å². The molecule has 0 radical (unpaired) electrons. The van der Waals surface area contributed by atoms with Gasteiger partial charge in [0.1, 0.15) is 0 Å². The van der Waals surface area contributed by atoms with Crippen molar-refractivity contribution in [3.63, 3.8) is 0 Å². The summed E-state index contributed by atoms with van der Waals surface area (Å²) in [5, 5.41) is 11.5. The smallest absolute Gasteiger partial charge is 0.0608 e. The number of rotatable bonds is 7. The van der Waals surface area contributed by atoms with Gasteiger partial charge in [-0.3, -0.25) is 4.98 Å². The van der Waals surface area contributed by atoms with Crippen molar-refractivity contribution < 1.29 is 0 Å². The zero-order valence-corrected chi connectivity index (χ0v) is 23.6. The van der Waals surface area contributed by atoms with Crippen molar-refractivity contribution in [1.82, 2.24) is 10.3 Å². The number of pyridine rings is 1. The average Bonchev–Trinajstić information content (AvgIpc) is 3.36. The van der Waals surface area contributed by atoms with Gasteiger partial charge in [-0.2, -0.15) is 0 Å². The molecular weight excluding hydrogens is 464 g/mol. The summed E-state index contributed by atoms with van der Waals surface area (Å²) in [4.78, 5) is 4.74. The van der Waals surface area contributed by atoms with Crippen molar-refractivity contribution in [3.8, 4) is 0 Å². The Morgan fingerprint density at radius 1 is 0.842 bits per heavy atom. The third-order valence-corrected chi connectivity index (χ3v) is 9.41. The molecule has 3 aromatic rings. The van der Waals surface area contributed by atoms with Crippen LogP contribution in [0.3, 0.4) is 0 Å². The Hall–Kier alpha value is -2.85. The number of benzene rings is 2. The summed E-state index contributed by atoms with van der Waals surface area (Å²) in [6.45, 7) is 10.5. The molecule has 4 heteroatoms. The van der Waals surface area contributed by atoms with E-state index in [1.807, 2.05) is 6.20 Å². The minimum Gasteiger partial charge on any atom is -0.382 e. The monoisotopic (exact) mass is 508 g/mol. The summed E-state index contributed by atoms with van der Waals surface area (Å²) in [5.74, 6) is 1.74. The normalized spacial score (nSPS) is 23.6. The number of hydrogen-bond acceptors (Lipinski definition) is 4. The molecule has 38 heavy (non-hydrogen) atoms. The Labute approximate surface area is 229 Å². The summed E-state index contributed by atoms with van der Waals surface area (Å²) in [6.07, 6.45) is 8.77. The maximum Gasteiger partial charge on any atom is 0.0608 e. The van der Waals surface area contributed by atoms with E-state index in [-0.39, 0.29) is 0 Å². The van der Waals surface area contributed by atoms with Crippen LogP contribution in [0.2, 0.25) is 0 Å². The van der Waals surface area contributed by atoms with Crippen molar-refractivity contribution in [2.75, 3.05) is 17.2 Å². The van der Waals surface area contributed by atoms with Gasteiger partial charge in [-0.1, -0.05) is 58.0 Å². The largest absolute Gasteiger partial charge is 0.382 e. The highest BCUT2D eigenvalue weighted by Gasteiger charge is 2.29.